The zero-order valence-corrected chi connectivity index (χ0v) is 17.1. The second kappa shape index (κ2) is 8.70. The number of rotatable bonds is 5. The van der Waals surface area contributed by atoms with Crippen molar-refractivity contribution >= 4 is 17.2 Å². The van der Waals surface area contributed by atoms with E-state index in [4.69, 9.17) is 0 Å². The van der Waals surface area contributed by atoms with Gasteiger partial charge in [-0.2, -0.15) is 0 Å². The lowest BCUT2D eigenvalue weighted by molar-refractivity contribution is 0.0694. The van der Waals surface area contributed by atoms with Gasteiger partial charge in [0, 0.05) is 19.5 Å². The third kappa shape index (κ3) is 4.50. The van der Waals surface area contributed by atoms with Crippen LogP contribution in [0, 0.1) is 12.8 Å². The maximum Gasteiger partial charge on any atom is 0.265 e. The number of carbonyl (C=O) groups is 1. The lowest BCUT2D eigenvalue weighted by atomic mass is 9.90. The van der Waals surface area contributed by atoms with Crippen LogP contribution in [0.2, 0.25) is 0 Å². The van der Waals surface area contributed by atoms with Crippen LogP contribution in [-0.2, 0) is 12.8 Å². The quantitative estimate of drug-likeness (QED) is 0.604. The first-order valence-corrected chi connectivity index (χ1v) is 10.8. The van der Waals surface area contributed by atoms with Gasteiger partial charge in [0.1, 0.15) is 4.88 Å². The first-order chi connectivity index (χ1) is 13.7. The first-order valence-electron chi connectivity index (χ1n) is 10.0. The number of piperidine rings is 1. The molecule has 0 saturated carbocycles. The van der Waals surface area contributed by atoms with Gasteiger partial charge in [-0.1, -0.05) is 60.7 Å². The van der Waals surface area contributed by atoms with Crippen LogP contribution in [0.15, 0.2) is 60.7 Å². The molecule has 3 aromatic rings. The van der Waals surface area contributed by atoms with Crippen LogP contribution in [0.3, 0.4) is 0 Å². The van der Waals surface area contributed by atoms with Gasteiger partial charge < -0.3 is 4.90 Å². The van der Waals surface area contributed by atoms with Crippen LogP contribution in [0.5, 0.6) is 0 Å². The highest BCUT2D eigenvalue weighted by Crippen LogP contribution is 2.26. The average Bonchev–Trinajstić information content (AvgIpc) is 3.09. The van der Waals surface area contributed by atoms with E-state index in [2.05, 4.69) is 47.4 Å². The molecule has 2 heterocycles. The van der Waals surface area contributed by atoms with E-state index in [0.29, 0.717) is 5.92 Å². The Hall–Kier alpha value is -2.46. The molecule has 1 aliphatic heterocycles. The van der Waals surface area contributed by atoms with Gasteiger partial charge in [0.15, 0.2) is 0 Å². The second-order valence-corrected chi connectivity index (χ2v) is 8.69. The number of nitrogens with zero attached hydrogens (tertiary/aromatic N) is 2. The molecule has 1 saturated heterocycles. The zero-order valence-electron chi connectivity index (χ0n) is 16.3. The number of benzene rings is 2. The molecule has 0 radical (unpaired) electrons. The van der Waals surface area contributed by atoms with Crippen LogP contribution >= 0.6 is 11.3 Å². The summed E-state index contributed by atoms with van der Waals surface area (Å²) in [5.41, 5.74) is 3.50. The Balaban J connectivity index is 1.36. The van der Waals surface area contributed by atoms with Gasteiger partial charge in [0.25, 0.3) is 5.91 Å². The summed E-state index contributed by atoms with van der Waals surface area (Å²) in [5, 5.41) is 1.02. The summed E-state index contributed by atoms with van der Waals surface area (Å²) >= 11 is 1.56. The Morgan fingerprint density at radius 1 is 1.00 bits per heavy atom. The Kier molecular flexibility index (Phi) is 5.87. The fourth-order valence-electron chi connectivity index (χ4n) is 3.93. The molecule has 28 heavy (non-hydrogen) atoms. The number of hydrogen-bond donors (Lipinski definition) is 0. The summed E-state index contributed by atoms with van der Waals surface area (Å²) in [4.78, 5) is 20.5. The zero-order chi connectivity index (χ0) is 19.3. The van der Waals surface area contributed by atoms with Crippen molar-refractivity contribution in [3.63, 3.8) is 0 Å². The van der Waals surface area contributed by atoms with Crippen LogP contribution in [0.25, 0.3) is 0 Å². The minimum Gasteiger partial charge on any atom is -0.338 e. The maximum absolute atomic E-state index is 13.0. The topological polar surface area (TPSA) is 33.2 Å². The fraction of sp³-hybridized carbons (Fsp3) is 0.333. The molecule has 1 amide bonds. The van der Waals surface area contributed by atoms with E-state index in [1.165, 1.54) is 11.1 Å². The smallest absolute Gasteiger partial charge is 0.265 e. The third-order valence-electron chi connectivity index (χ3n) is 5.50. The summed E-state index contributed by atoms with van der Waals surface area (Å²) in [6, 6.07) is 21.0. The van der Waals surface area contributed by atoms with Crippen molar-refractivity contribution < 1.29 is 4.79 Å². The number of hydrogen-bond acceptors (Lipinski definition) is 3. The number of amides is 1. The summed E-state index contributed by atoms with van der Waals surface area (Å²) in [6.07, 6.45) is 4.06. The van der Waals surface area contributed by atoms with E-state index < -0.39 is 0 Å². The predicted octanol–water partition coefficient (Wildman–Crippen LogP) is 5.14. The lowest BCUT2D eigenvalue weighted by Crippen LogP contribution is -2.38. The predicted molar refractivity (Wildman–Crippen MR) is 115 cm³/mol. The van der Waals surface area contributed by atoms with E-state index in [0.717, 1.165) is 54.4 Å². The SMILES string of the molecule is Cc1nc(Cc2ccccc2)sc1C(=O)N1CCC(Cc2ccccc2)CC1. The van der Waals surface area contributed by atoms with Gasteiger partial charge in [0.2, 0.25) is 0 Å². The number of thiazole rings is 1. The van der Waals surface area contributed by atoms with Crippen LogP contribution in [0.4, 0.5) is 0 Å². The molecular weight excluding hydrogens is 364 g/mol. The molecule has 1 aromatic heterocycles. The molecular formula is C24H26N2OS. The van der Waals surface area contributed by atoms with E-state index in [-0.39, 0.29) is 5.91 Å². The third-order valence-corrected chi connectivity index (χ3v) is 6.65. The monoisotopic (exact) mass is 390 g/mol. The van der Waals surface area contributed by atoms with E-state index in [1.807, 2.05) is 30.0 Å². The molecule has 1 fully saturated rings. The maximum atomic E-state index is 13.0. The summed E-state index contributed by atoms with van der Waals surface area (Å²) in [5.74, 6) is 0.829. The normalized spacial score (nSPS) is 15.0. The minimum absolute atomic E-state index is 0.160. The highest BCUT2D eigenvalue weighted by Gasteiger charge is 2.26. The standard InChI is InChI=1S/C24H26N2OS/c1-18-23(28-22(25-18)17-20-10-6-3-7-11-20)24(27)26-14-12-21(13-15-26)16-19-8-4-2-5-9-19/h2-11,21H,12-17H2,1H3. The van der Waals surface area contributed by atoms with Crippen LogP contribution in [0.1, 0.15) is 44.3 Å². The lowest BCUT2D eigenvalue weighted by Gasteiger charge is -2.32. The van der Waals surface area contributed by atoms with Gasteiger partial charge in [0.05, 0.1) is 10.7 Å². The first kappa shape index (κ1) is 18.9. The van der Waals surface area contributed by atoms with Gasteiger partial charge in [-0.25, -0.2) is 4.98 Å². The molecule has 0 atom stereocenters. The van der Waals surface area contributed by atoms with Crippen molar-refractivity contribution in [2.45, 2.75) is 32.6 Å². The number of carbonyl (C=O) groups excluding carboxylic acids is 1. The van der Waals surface area contributed by atoms with Crippen molar-refractivity contribution in [3.05, 3.63) is 87.4 Å². The van der Waals surface area contributed by atoms with Crippen molar-refractivity contribution in [2.24, 2.45) is 5.92 Å². The number of aryl methyl sites for hydroxylation is 1. The number of likely N-dealkylation sites (tertiary alicyclic amines) is 1. The molecule has 1 aliphatic rings. The molecule has 0 bridgehead atoms. The molecule has 3 nitrogen and oxygen atoms in total. The van der Waals surface area contributed by atoms with Gasteiger partial charge in [-0.05, 0) is 43.2 Å². The van der Waals surface area contributed by atoms with Crippen LogP contribution < -0.4 is 0 Å². The minimum atomic E-state index is 0.160. The Morgan fingerprint density at radius 3 is 2.25 bits per heavy atom. The highest BCUT2D eigenvalue weighted by atomic mass is 32.1. The molecule has 0 N–H and O–H groups in total. The van der Waals surface area contributed by atoms with Crippen molar-refractivity contribution in [1.82, 2.24) is 9.88 Å². The largest absolute Gasteiger partial charge is 0.338 e. The van der Waals surface area contributed by atoms with E-state index >= 15 is 0 Å². The Labute approximate surface area is 171 Å². The van der Waals surface area contributed by atoms with E-state index in [1.54, 1.807) is 11.3 Å². The summed E-state index contributed by atoms with van der Waals surface area (Å²) in [7, 11) is 0. The molecule has 4 heteroatoms. The van der Waals surface area contributed by atoms with Gasteiger partial charge in [-0.15, -0.1) is 11.3 Å². The van der Waals surface area contributed by atoms with Gasteiger partial charge in [-0.3, -0.25) is 4.79 Å². The van der Waals surface area contributed by atoms with Gasteiger partial charge >= 0.3 is 0 Å². The fourth-order valence-corrected chi connectivity index (χ4v) is 4.99. The molecule has 0 spiro atoms. The molecule has 0 aliphatic carbocycles. The molecule has 4 rings (SSSR count). The molecule has 2 aromatic carbocycles. The summed E-state index contributed by atoms with van der Waals surface area (Å²) < 4.78 is 0. The molecule has 144 valence electrons. The average molecular weight is 391 g/mol. The van der Waals surface area contributed by atoms with E-state index in [9.17, 15) is 4.79 Å². The van der Waals surface area contributed by atoms with Crippen molar-refractivity contribution in [2.75, 3.05) is 13.1 Å². The Bertz CT molecular complexity index is 912. The second-order valence-electron chi connectivity index (χ2n) is 7.61. The van der Waals surface area contributed by atoms with Crippen molar-refractivity contribution in [1.29, 1.82) is 0 Å². The van der Waals surface area contributed by atoms with Crippen LogP contribution in [-0.4, -0.2) is 28.9 Å². The highest BCUT2D eigenvalue weighted by molar-refractivity contribution is 7.13. The summed E-state index contributed by atoms with van der Waals surface area (Å²) in [6.45, 7) is 3.66. The Morgan fingerprint density at radius 2 is 1.61 bits per heavy atom. The number of aromatic nitrogens is 1. The molecule has 0 unspecified atom stereocenters. The van der Waals surface area contributed by atoms with Crippen molar-refractivity contribution in [3.8, 4) is 0 Å².